The number of hydrogen-bond donors (Lipinski definition) is 2. The van der Waals surface area contributed by atoms with Crippen LogP contribution in [0.1, 0.15) is 43.0 Å². The number of nitrogens with two attached hydrogens (primary N) is 2. The summed E-state index contributed by atoms with van der Waals surface area (Å²) in [5, 5.41) is 0. The number of carbonyl (C=O) groups is 2. The highest BCUT2D eigenvalue weighted by molar-refractivity contribution is 5.95. The number of hydrogen-bond acceptors (Lipinski definition) is 6. The fourth-order valence-electron chi connectivity index (χ4n) is 1.86. The SMILES string of the molecule is C=C(C)C(=O)OCCCCCCOC(=O)c1ccc(N)cc1N. The summed E-state index contributed by atoms with van der Waals surface area (Å²) >= 11 is 0. The lowest BCUT2D eigenvalue weighted by atomic mass is 10.1. The van der Waals surface area contributed by atoms with Crippen molar-refractivity contribution in [3.63, 3.8) is 0 Å². The van der Waals surface area contributed by atoms with Gasteiger partial charge in [0.05, 0.1) is 18.8 Å². The lowest BCUT2D eigenvalue weighted by molar-refractivity contribution is -0.139. The van der Waals surface area contributed by atoms with Gasteiger partial charge in [0.25, 0.3) is 0 Å². The van der Waals surface area contributed by atoms with Crippen LogP contribution in [0.2, 0.25) is 0 Å². The molecule has 0 amide bonds. The second-order valence-electron chi connectivity index (χ2n) is 5.31. The molecular formula is C17H24N2O4. The minimum absolute atomic E-state index is 0.314. The molecule has 0 aromatic heterocycles. The van der Waals surface area contributed by atoms with E-state index in [1.165, 1.54) is 6.07 Å². The molecule has 0 aliphatic heterocycles. The Bertz CT molecular complexity index is 570. The lowest BCUT2D eigenvalue weighted by Crippen LogP contribution is -2.09. The van der Waals surface area contributed by atoms with Crippen LogP contribution in [0, 0.1) is 0 Å². The molecule has 0 fully saturated rings. The van der Waals surface area contributed by atoms with Gasteiger partial charge in [-0.05, 0) is 50.8 Å². The Balaban J connectivity index is 2.12. The molecule has 0 unspecified atom stereocenters. The molecule has 4 N–H and O–H groups in total. The van der Waals surface area contributed by atoms with E-state index in [-0.39, 0.29) is 5.97 Å². The molecule has 23 heavy (non-hydrogen) atoms. The van der Waals surface area contributed by atoms with Gasteiger partial charge < -0.3 is 20.9 Å². The third kappa shape index (κ3) is 6.86. The van der Waals surface area contributed by atoms with Crippen LogP contribution in [-0.2, 0) is 14.3 Å². The fraction of sp³-hybridized carbons (Fsp3) is 0.412. The standard InChI is InChI=1S/C17H24N2O4/c1-12(2)16(20)22-9-5-3-4-6-10-23-17(21)14-8-7-13(18)11-15(14)19/h7-8,11H,1,3-6,9-10,18-19H2,2H3. The highest BCUT2D eigenvalue weighted by atomic mass is 16.5. The van der Waals surface area contributed by atoms with Crippen LogP contribution in [0.15, 0.2) is 30.4 Å². The maximum absolute atomic E-state index is 11.8. The van der Waals surface area contributed by atoms with Crippen molar-refractivity contribution in [3.8, 4) is 0 Å². The number of rotatable bonds is 9. The largest absolute Gasteiger partial charge is 0.462 e. The van der Waals surface area contributed by atoms with Crippen LogP contribution in [-0.4, -0.2) is 25.2 Å². The Labute approximate surface area is 136 Å². The Morgan fingerprint density at radius 1 is 1.04 bits per heavy atom. The Hall–Kier alpha value is -2.50. The topological polar surface area (TPSA) is 105 Å². The van der Waals surface area contributed by atoms with Crippen molar-refractivity contribution < 1.29 is 19.1 Å². The minimum atomic E-state index is -0.446. The molecule has 6 nitrogen and oxygen atoms in total. The van der Waals surface area contributed by atoms with Gasteiger partial charge >= 0.3 is 11.9 Å². The summed E-state index contributed by atoms with van der Waals surface area (Å²) in [6, 6.07) is 4.70. The van der Waals surface area contributed by atoms with Crippen molar-refractivity contribution >= 4 is 23.3 Å². The van der Waals surface area contributed by atoms with E-state index in [4.69, 9.17) is 20.9 Å². The van der Waals surface area contributed by atoms with Gasteiger partial charge in [0.2, 0.25) is 0 Å². The molecule has 1 aromatic rings. The first kappa shape index (κ1) is 18.5. The van der Waals surface area contributed by atoms with Gasteiger partial charge in [-0.3, -0.25) is 0 Å². The molecule has 1 rings (SSSR count). The summed E-state index contributed by atoms with van der Waals surface area (Å²) in [6.07, 6.45) is 3.30. The molecule has 0 saturated heterocycles. The quantitative estimate of drug-likeness (QED) is 0.314. The van der Waals surface area contributed by atoms with E-state index in [9.17, 15) is 9.59 Å². The monoisotopic (exact) mass is 320 g/mol. The summed E-state index contributed by atoms with van der Waals surface area (Å²) in [5.41, 5.74) is 12.8. The van der Waals surface area contributed by atoms with Gasteiger partial charge in [0.15, 0.2) is 0 Å². The second-order valence-corrected chi connectivity index (χ2v) is 5.31. The third-order valence-electron chi connectivity index (χ3n) is 3.15. The minimum Gasteiger partial charge on any atom is -0.462 e. The zero-order chi connectivity index (χ0) is 17.2. The fourth-order valence-corrected chi connectivity index (χ4v) is 1.86. The molecule has 1 aromatic carbocycles. The molecule has 0 heterocycles. The van der Waals surface area contributed by atoms with E-state index in [0.29, 0.717) is 35.7 Å². The summed E-state index contributed by atoms with van der Waals surface area (Å²) in [4.78, 5) is 23.0. The predicted octanol–water partition coefficient (Wildman–Crippen LogP) is 2.69. The molecule has 0 aliphatic rings. The normalized spacial score (nSPS) is 10.1. The van der Waals surface area contributed by atoms with Crippen molar-refractivity contribution in [2.45, 2.75) is 32.6 Å². The van der Waals surface area contributed by atoms with Gasteiger partial charge in [-0.15, -0.1) is 0 Å². The molecule has 0 aliphatic carbocycles. The van der Waals surface area contributed by atoms with Crippen molar-refractivity contribution in [1.29, 1.82) is 0 Å². The predicted molar refractivity (Wildman–Crippen MR) is 89.8 cm³/mol. The number of nitrogen functional groups attached to an aromatic ring is 2. The maximum atomic E-state index is 11.8. The van der Waals surface area contributed by atoms with Crippen LogP contribution in [0.25, 0.3) is 0 Å². The van der Waals surface area contributed by atoms with Crippen LogP contribution in [0.4, 0.5) is 11.4 Å². The van der Waals surface area contributed by atoms with E-state index < -0.39 is 5.97 Å². The first-order valence-corrected chi connectivity index (χ1v) is 7.56. The first-order valence-electron chi connectivity index (χ1n) is 7.56. The van der Waals surface area contributed by atoms with E-state index in [1.807, 2.05) is 0 Å². The summed E-state index contributed by atoms with van der Waals surface area (Å²) in [7, 11) is 0. The van der Waals surface area contributed by atoms with Crippen molar-refractivity contribution in [1.82, 2.24) is 0 Å². The molecule has 0 spiro atoms. The van der Waals surface area contributed by atoms with Gasteiger partial charge in [-0.2, -0.15) is 0 Å². The number of anilines is 2. The van der Waals surface area contributed by atoms with Gasteiger partial charge in [-0.1, -0.05) is 6.58 Å². The van der Waals surface area contributed by atoms with E-state index in [1.54, 1.807) is 19.1 Å². The van der Waals surface area contributed by atoms with Gasteiger partial charge in [0.1, 0.15) is 0 Å². The average molecular weight is 320 g/mol. The Morgan fingerprint density at radius 3 is 2.22 bits per heavy atom. The third-order valence-corrected chi connectivity index (χ3v) is 3.15. The van der Waals surface area contributed by atoms with Crippen LogP contribution in [0.5, 0.6) is 0 Å². The molecule has 0 radical (unpaired) electrons. The second kappa shape index (κ2) is 9.50. The molecular weight excluding hydrogens is 296 g/mol. The Kier molecular flexibility index (Phi) is 7.66. The maximum Gasteiger partial charge on any atom is 0.340 e. The van der Waals surface area contributed by atoms with Crippen LogP contribution < -0.4 is 11.5 Å². The molecule has 6 heteroatoms. The zero-order valence-corrected chi connectivity index (χ0v) is 13.5. The first-order chi connectivity index (χ1) is 10.9. The Morgan fingerprint density at radius 2 is 1.65 bits per heavy atom. The summed E-state index contributed by atoms with van der Waals surface area (Å²) in [5.74, 6) is -0.807. The van der Waals surface area contributed by atoms with Crippen LogP contribution >= 0.6 is 0 Å². The van der Waals surface area contributed by atoms with Gasteiger partial charge in [-0.25, -0.2) is 9.59 Å². The number of ether oxygens (including phenoxy) is 2. The number of carbonyl (C=O) groups excluding carboxylic acids is 2. The highest BCUT2D eigenvalue weighted by Gasteiger charge is 2.10. The van der Waals surface area contributed by atoms with E-state index in [0.717, 1.165) is 25.7 Å². The van der Waals surface area contributed by atoms with Gasteiger partial charge in [0, 0.05) is 16.9 Å². The lowest BCUT2D eigenvalue weighted by Gasteiger charge is -2.08. The van der Waals surface area contributed by atoms with Crippen molar-refractivity contribution in [3.05, 3.63) is 35.9 Å². The zero-order valence-electron chi connectivity index (χ0n) is 13.5. The summed E-state index contributed by atoms with van der Waals surface area (Å²) < 4.78 is 10.1. The molecule has 0 saturated carbocycles. The van der Waals surface area contributed by atoms with E-state index in [2.05, 4.69) is 6.58 Å². The van der Waals surface area contributed by atoms with Crippen LogP contribution in [0.3, 0.4) is 0 Å². The highest BCUT2D eigenvalue weighted by Crippen LogP contribution is 2.16. The molecule has 0 bridgehead atoms. The number of unbranched alkanes of at least 4 members (excludes halogenated alkanes) is 3. The van der Waals surface area contributed by atoms with Crippen molar-refractivity contribution in [2.75, 3.05) is 24.7 Å². The smallest absolute Gasteiger partial charge is 0.340 e. The number of benzene rings is 1. The molecule has 0 atom stereocenters. The number of esters is 2. The van der Waals surface area contributed by atoms with E-state index >= 15 is 0 Å². The van der Waals surface area contributed by atoms with Crippen molar-refractivity contribution in [2.24, 2.45) is 0 Å². The average Bonchev–Trinajstić information content (AvgIpc) is 2.49. The summed E-state index contributed by atoms with van der Waals surface area (Å²) in [6.45, 7) is 5.83. The molecule has 126 valence electrons.